The number of carboxylic acid groups (broad SMARTS) is 2. The van der Waals surface area contributed by atoms with Crippen LogP contribution in [0.15, 0.2) is 0 Å². The van der Waals surface area contributed by atoms with Crippen LogP contribution in [0.3, 0.4) is 0 Å². The van der Waals surface area contributed by atoms with E-state index in [0.717, 1.165) is 4.90 Å². The summed E-state index contributed by atoms with van der Waals surface area (Å²) in [6.07, 6.45) is 0. The van der Waals surface area contributed by atoms with Gasteiger partial charge in [-0.05, 0) is 20.8 Å². The van der Waals surface area contributed by atoms with Gasteiger partial charge in [0.05, 0.1) is 6.04 Å². The Balaban J connectivity index is 5.12. The highest BCUT2D eigenvalue weighted by Gasteiger charge is 2.35. The molecule has 0 saturated heterocycles. The van der Waals surface area contributed by atoms with Crippen LogP contribution < -0.4 is 5.73 Å². The molecule has 0 aliphatic carbocycles. The number of carbonyl (C=O) groups is 3. The van der Waals surface area contributed by atoms with Crippen molar-refractivity contribution >= 4 is 17.8 Å². The Morgan fingerprint density at radius 3 is 1.44 bits per heavy atom. The first kappa shape index (κ1) is 14.4. The summed E-state index contributed by atoms with van der Waals surface area (Å²) >= 11 is 0. The normalized spacial score (nSPS) is 16.5. The van der Waals surface area contributed by atoms with Gasteiger partial charge in [0, 0.05) is 0 Å². The quantitative estimate of drug-likeness (QED) is 0.546. The number of carboxylic acids is 2. The average Bonchev–Trinajstić information content (AvgIpc) is 2.16. The molecule has 0 aromatic rings. The third-order valence-electron chi connectivity index (χ3n) is 2.47. The highest BCUT2D eigenvalue weighted by Crippen LogP contribution is 2.11. The van der Waals surface area contributed by atoms with Crippen LogP contribution in [-0.4, -0.2) is 51.1 Å². The third-order valence-corrected chi connectivity index (χ3v) is 2.47. The zero-order chi connectivity index (χ0) is 13.0. The molecule has 16 heavy (non-hydrogen) atoms. The van der Waals surface area contributed by atoms with Gasteiger partial charge >= 0.3 is 11.9 Å². The highest BCUT2D eigenvalue weighted by atomic mass is 16.4. The minimum absolute atomic E-state index is 0.763. The zero-order valence-electron chi connectivity index (χ0n) is 9.38. The van der Waals surface area contributed by atoms with Crippen molar-refractivity contribution in [2.75, 3.05) is 0 Å². The molecule has 0 heterocycles. The predicted octanol–water partition coefficient (Wildman–Crippen LogP) is -0.892. The van der Waals surface area contributed by atoms with Gasteiger partial charge in [-0.15, -0.1) is 0 Å². The Morgan fingerprint density at radius 1 is 0.938 bits per heavy atom. The molecular weight excluding hydrogens is 216 g/mol. The van der Waals surface area contributed by atoms with Crippen LogP contribution in [-0.2, 0) is 14.4 Å². The molecule has 0 bridgehead atoms. The van der Waals surface area contributed by atoms with Gasteiger partial charge < -0.3 is 15.9 Å². The fourth-order valence-electron chi connectivity index (χ4n) is 1.41. The number of nitrogens with zero attached hydrogens (tertiary/aromatic N) is 1. The van der Waals surface area contributed by atoms with Crippen LogP contribution in [0, 0.1) is 0 Å². The lowest BCUT2D eigenvalue weighted by molar-refractivity contribution is -0.152. The molecule has 7 heteroatoms. The van der Waals surface area contributed by atoms with Crippen LogP contribution in [0.2, 0.25) is 0 Å². The molecule has 1 amide bonds. The number of amides is 1. The fourth-order valence-corrected chi connectivity index (χ4v) is 1.41. The molecule has 4 N–H and O–H groups in total. The van der Waals surface area contributed by atoms with Gasteiger partial charge in [0.25, 0.3) is 0 Å². The third kappa shape index (κ3) is 3.20. The van der Waals surface area contributed by atoms with Gasteiger partial charge in [-0.1, -0.05) is 0 Å². The zero-order valence-corrected chi connectivity index (χ0v) is 9.38. The summed E-state index contributed by atoms with van der Waals surface area (Å²) in [5.74, 6) is -3.18. The molecule has 0 saturated carbocycles. The van der Waals surface area contributed by atoms with Gasteiger partial charge in [0.15, 0.2) is 0 Å². The van der Waals surface area contributed by atoms with Crippen LogP contribution >= 0.6 is 0 Å². The lowest BCUT2D eigenvalue weighted by Crippen LogP contribution is -2.56. The Hall–Kier alpha value is -1.63. The minimum Gasteiger partial charge on any atom is -0.480 e. The van der Waals surface area contributed by atoms with E-state index in [9.17, 15) is 14.4 Å². The Morgan fingerprint density at radius 2 is 1.25 bits per heavy atom. The number of rotatable bonds is 6. The molecule has 92 valence electrons. The number of hydrogen-bond donors (Lipinski definition) is 3. The van der Waals surface area contributed by atoms with Crippen LogP contribution in [0.4, 0.5) is 0 Å². The molecule has 7 nitrogen and oxygen atoms in total. The molecule has 3 unspecified atom stereocenters. The second-order valence-corrected chi connectivity index (χ2v) is 3.55. The van der Waals surface area contributed by atoms with E-state index in [-0.39, 0.29) is 0 Å². The van der Waals surface area contributed by atoms with Crippen molar-refractivity contribution in [3.05, 3.63) is 0 Å². The second-order valence-electron chi connectivity index (χ2n) is 3.55. The smallest absolute Gasteiger partial charge is 0.320 e. The number of nitrogens with two attached hydrogens (primary N) is 1. The van der Waals surface area contributed by atoms with Gasteiger partial charge in [0.2, 0.25) is 5.91 Å². The van der Waals surface area contributed by atoms with Crippen molar-refractivity contribution in [3.8, 4) is 0 Å². The van der Waals surface area contributed by atoms with Gasteiger partial charge in [-0.3, -0.25) is 19.3 Å². The maximum atomic E-state index is 11.0. The van der Waals surface area contributed by atoms with Gasteiger partial charge in [0.1, 0.15) is 12.1 Å². The van der Waals surface area contributed by atoms with Gasteiger partial charge in [-0.25, -0.2) is 0 Å². The van der Waals surface area contributed by atoms with Crippen molar-refractivity contribution in [2.45, 2.75) is 38.9 Å². The van der Waals surface area contributed by atoms with Crippen molar-refractivity contribution in [3.63, 3.8) is 0 Å². The minimum atomic E-state index is -1.21. The molecule has 0 rings (SSSR count). The molecule has 0 spiro atoms. The molecule has 0 aromatic heterocycles. The molecule has 3 atom stereocenters. The van der Waals surface area contributed by atoms with Crippen LogP contribution in [0.25, 0.3) is 0 Å². The first-order valence-corrected chi connectivity index (χ1v) is 4.72. The number of hydrogen-bond acceptors (Lipinski definition) is 4. The molecular formula is C9H16N2O5. The number of primary amides is 1. The summed E-state index contributed by atoms with van der Waals surface area (Å²) in [5.41, 5.74) is 5.05. The highest BCUT2D eigenvalue weighted by molar-refractivity contribution is 5.83. The summed E-state index contributed by atoms with van der Waals surface area (Å²) in [6.45, 7) is 3.99. The van der Waals surface area contributed by atoms with E-state index in [2.05, 4.69) is 0 Å². The topological polar surface area (TPSA) is 121 Å². The summed E-state index contributed by atoms with van der Waals surface area (Å²) < 4.78 is 0. The molecule has 0 aliphatic rings. The SMILES string of the molecule is CC(C(N)=O)N(C(C)C(=O)O)C(C)C(=O)O. The monoisotopic (exact) mass is 232 g/mol. The lowest BCUT2D eigenvalue weighted by atomic mass is 10.1. The Bertz CT molecular complexity index is 257. The summed E-state index contributed by atoms with van der Waals surface area (Å²) in [6, 6.07) is -3.17. The average molecular weight is 232 g/mol. The Kier molecular flexibility index (Phi) is 4.90. The lowest BCUT2D eigenvalue weighted by Gasteiger charge is -2.33. The van der Waals surface area contributed by atoms with Crippen molar-refractivity contribution in [1.29, 1.82) is 0 Å². The first-order chi connectivity index (χ1) is 7.20. The summed E-state index contributed by atoms with van der Waals surface area (Å²) in [4.78, 5) is 33.7. The van der Waals surface area contributed by atoms with Crippen LogP contribution in [0.1, 0.15) is 20.8 Å². The molecule has 0 radical (unpaired) electrons. The molecule has 0 fully saturated rings. The van der Waals surface area contributed by atoms with Crippen molar-refractivity contribution in [2.24, 2.45) is 5.73 Å². The predicted molar refractivity (Wildman–Crippen MR) is 54.7 cm³/mol. The second kappa shape index (κ2) is 5.45. The molecule has 0 aromatic carbocycles. The van der Waals surface area contributed by atoms with E-state index in [0.29, 0.717) is 0 Å². The summed E-state index contributed by atoms with van der Waals surface area (Å²) in [7, 11) is 0. The van der Waals surface area contributed by atoms with Crippen molar-refractivity contribution in [1.82, 2.24) is 4.90 Å². The Labute approximate surface area is 92.8 Å². The number of aliphatic carboxylic acids is 2. The maximum absolute atomic E-state index is 11.0. The standard InChI is InChI=1S/C9H16N2O5/c1-4(7(10)12)11(5(2)8(13)14)6(3)9(15)16/h4-6H,1-3H3,(H2,10,12)(H,13,14)(H,15,16). The van der Waals surface area contributed by atoms with Gasteiger partial charge in [-0.2, -0.15) is 0 Å². The summed E-state index contributed by atoms with van der Waals surface area (Å²) in [5, 5.41) is 17.7. The van der Waals surface area contributed by atoms with E-state index >= 15 is 0 Å². The molecule has 0 aliphatic heterocycles. The van der Waals surface area contributed by atoms with Crippen LogP contribution in [0.5, 0.6) is 0 Å². The van der Waals surface area contributed by atoms with E-state index in [1.165, 1.54) is 20.8 Å². The first-order valence-electron chi connectivity index (χ1n) is 4.72. The van der Waals surface area contributed by atoms with E-state index < -0.39 is 36.0 Å². The largest absolute Gasteiger partial charge is 0.480 e. The van der Waals surface area contributed by atoms with Crippen molar-refractivity contribution < 1.29 is 24.6 Å². The number of carbonyl (C=O) groups excluding carboxylic acids is 1. The maximum Gasteiger partial charge on any atom is 0.320 e. The van der Waals surface area contributed by atoms with E-state index in [4.69, 9.17) is 15.9 Å². The fraction of sp³-hybridized carbons (Fsp3) is 0.667. The van der Waals surface area contributed by atoms with E-state index in [1.54, 1.807) is 0 Å². The van der Waals surface area contributed by atoms with E-state index in [1.807, 2.05) is 0 Å².